The lowest BCUT2D eigenvalue weighted by Crippen LogP contribution is -2.27. The first kappa shape index (κ1) is 67.3. The SMILES string of the molecule is CC(C)CCCCCN(CCCCCC(C)C)CCCCCC(C)C.CCC(=O)O.CCCCCCCCN(CCCCCCCC)CCCCCCCC.O=C(O)Cc1ccccc1. The van der Waals surface area contributed by atoms with E-state index in [-0.39, 0.29) is 12.8 Å². The van der Waals surface area contributed by atoms with E-state index in [1.807, 2.05) is 18.2 Å². The average Bonchev–Trinajstić information content (AvgIpc) is 3.26. The van der Waals surface area contributed by atoms with Gasteiger partial charge in [0.25, 0.3) is 0 Å². The van der Waals surface area contributed by atoms with E-state index >= 15 is 0 Å². The molecule has 6 nitrogen and oxygen atoms in total. The van der Waals surface area contributed by atoms with Crippen molar-refractivity contribution in [1.82, 2.24) is 9.80 Å². The molecule has 0 saturated carbocycles. The van der Waals surface area contributed by atoms with Crippen molar-refractivity contribution in [2.24, 2.45) is 17.8 Å². The smallest absolute Gasteiger partial charge is 0.307 e. The van der Waals surface area contributed by atoms with Gasteiger partial charge >= 0.3 is 11.9 Å². The maximum Gasteiger partial charge on any atom is 0.307 e. The van der Waals surface area contributed by atoms with Crippen LogP contribution in [0.1, 0.15) is 274 Å². The number of aliphatic carboxylic acids is 2. The molecule has 0 heterocycles. The second kappa shape index (κ2) is 54.7. The fourth-order valence-electron chi connectivity index (χ4n) is 7.98. The van der Waals surface area contributed by atoms with Crippen LogP contribution in [0.25, 0.3) is 0 Å². The normalized spacial score (nSPS) is 11.1. The molecule has 0 saturated heterocycles. The number of hydrogen-bond acceptors (Lipinski definition) is 4. The van der Waals surface area contributed by atoms with Gasteiger partial charge in [-0.3, -0.25) is 9.59 Å². The topological polar surface area (TPSA) is 81.1 Å². The molecule has 2 N–H and O–H groups in total. The van der Waals surface area contributed by atoms with E-state index in [1.165, 1.54) is 232 Å². The summed E-state index contributed by atoms with van der Waals surface area (Å²) in [5, 5.41) is 16.1. The number of unbranched alkanes of at least 4 members (excludes halogenated alkanes) is 21. The van der Waals surface area contributed by atoms with Crippen LogP contribution in [0.15, 0.2) is 30.3 Å². The summed E-state index contributed by atoms with van der Waals surface area (Å²) in [6.45, 7) is 30.7. The molecule has 0 amide bonds. The second-order valence-corrected chi connectivity index (χ2v) is 20.5. The van der Waals surface area contributed by atoms with Crippen molar-refractivity contribution in [3.63, 3.8) is 0 Å². The van der Waals surface area contributed by atoms with Crippen LogP contribution < -0.4 is 0 Å². The molecule has 0 aliphatic carbocycles. The Morgan fingerprint density at radius 3 is 0.862 bits per heavy atom. The van der Waals surface area contributed by atoms with Crippen molar-refractivity contribution in [3.8, 4) is 0 Å². The van der Waals surface area contributed by atoms with Gasteiger partial charge in [-0.1, -0.05) is 254 Å². The fraction of sp³-hybridized carbons (Fsp3) is 0.864. The summed E-state index contributed by atoms with van der Waals surface area (Å²) < 4.78 is 0. The summed E-state index contributed by atoms with van der Waals surface area (Å²) in [4.78, 5) is 25.1. The van der Waals surface area contributed by atoms with E-state index in [0.717, 1.165) is 23.3 Å². The summed E-state index contributed by atoms with van der Waals surface area (Å²) in [5.74, 6) is 1.09. The van der Waals surface area contributed by atoms with Crippen LogP contribution in [-0.2, 0) is 16.0 Å². The Balaban J connectivity index is -0.000000898. The van der Waals surface area contributed by atoms with Gasteiger partial charge in [0, 0.05) is 6.42 Å². The predicted molar refractivity (Wildman–Crippen MR) is 289 cm³/mol. The van der Waals surface area contributed by atoms with Crippen molar-refractivity contribution in [2.45, 2.75) is 275 Å². The number of benzene rings is 1. The molecule has 0 aliphatic rings. The molecule has 1 aromatic rings. The molecule has 0 atom stereocenters. The zero-order valence-electron chi connectivity index (χ0n) is 45.6. The predicted octanol–water partition coefficient (Wildman–Crippen LogP) is 18.1. The number of carboxylic acid groups (broad SMARTS) is 2. The summed E-state index contributed by atoms with van der Waals surface area (Å²) in [5.41, 5.74) is 0.843. The highest BCUT2D eigenvalue weighted by atomic mass is 16.4. The lowest BCUT2D eigenvalue weighted by Gasteiger charge is -2.22. The molecule has 6 heteroatoms. The van der Waals surface area contributed by atoms with E-state index in [1.54, 1.807) is 19.1 Å². The van der Waals surface area contributed by atoms with Crippen LogP contribution in [0.5, 0.6) is 0 Å². The third kappa shape index (κ3) is 62.1. The Hall–Kier alpha value is -1.92. The molecule has 0 radical (unpaired) electrons. The standard InChI is InChI=1S/2C24H51N.C8H8O2.C3H6O2/c1-22(2)16-10-7-13-19-25(20-14-8-11-17-23(3)4)21-15-9-12-18-24(5)6;1-4-7-10-13-16-19-22-25(23-20-17-14-11-8-5-2)24-21-18-15-12-9-6-3;9-8(10)6-7-4-2-1-3-5-7;1-2-3(4)5/h22-24H,7-21H2,1-6H3;4-24H2,1-3H3;1-5H,6H2,(H,9,10);2H2,1H3,(H,4,5). The summed E-state index contributed by atoms with van der Waals surface area (Å²) in [7, 11) is 0. The molecule has 0 aliphatic heterocycles. The summed E-state index contributed by atoms with van der Waals surface area (Å²) >= 11 is 0. The van der Waals surface area contributed by atoms with Gasteiger partial charge in [-0.05, 0) is 101 Å². The lowest BCUT2D eigenvalue weighted by atomic mass is 10.0. The van der Waals surface area contributed by atoms with Crippen LogP contribution >= 0.6 is 0 Å². The van der Waals surface area contributed by atoms with Crippen LogP contribution in [0.3, 0.4) is 0 Å². The van der Waals surface area contributed by atoms with Gasteiger partial charge in [-0.2, -0.15) is 0 Å². The molecule has 0 spiro atoms. The maximum atomic E-state index is 10.2. The highest BCUT2D eigenvalue weighted by Gasteiger charge is 2.07. The summed E-state index contributed by atoms with van der Waals surface area (Å²) in [6.07, 6.45) is 43.0. The molecule has 0 aromatic heterocycles. The molecular formula is C59H116N2O4. The zero-order chi connectivity index (χ0) is 49.0. The van der Waals surface area contributed by atoms with Gasteiger partial charge in [0.1, 0.15) is 0 Å². The molecule has 65 heavy (non-hydrogen) atoms. The Morgan fingerprint density at radius 1 is 0.385 bits per heavy atom. The summed E-state index contributed by atoms with van der Waals surface area (Å²) in [6, 6.07) is 9.13. The number of carboxylic acids is 2. The third-order valence-corrected chi connectivity index (χ3v) is 12.3. The van der Waals surface area contributed by atoms with Crippen molar-refractivity contribution in [3.05, 3.63) is 35.9 Å². The zero-order valence-corrected chi connectivity index (χ0v) is 45.6. The van der Waals surface area contributed by atoms with E-state index in [9.17, 15) is 9.59 Å². The maximum absolute atomic E-state index is 10.2. The van der Waals surface area contributed by atoms with Crippen molar-refractivity contribution in [2.75, 3.05) is 39.3 Å². The van der Waals surface area contributed by atoms with Crippen LogP contribution in [-0.4, -0.2) is 71.2 Å². The first-order valence-corrected chi connectivity index (χ1v) is 28.2. The van der Waals surface area contributed by atoms with Crippen molar-refractivity contribution < 1.29 is 19.8 Å². The van der Waals surface area contributed by atoms with Crippen molar-refractivity contribution in [1.29, 1.82) is 0 Å². The highest BCUT2D eigenvalue weighted by molar-refractivity contribution is 5.70. The lowest BCUT2D eigenvalue weighted by molar-refractivity contribution is -0.137. The van der Waals surface area contributed by atoms with Gasteiger partial charge in [0.2, 0.25) is 0 Å². The molecule has 0 fully saturated rings. The molecule has 1 rings (SSSR count). The molecule has 386 valence electrons. The van der Waals surface area contributed by atoms with Gasteiger partial charge < -0.3 is 20.0 Å². The Bertz CT molecular complexity index is 981. The Morgan fingerprint density at radius 2 is 0.631 bits per heavy atom. The van der Waals surface area contributed by atoms with Gasteiger partial charge in [-0.15, -0.1) is 0 Å². The monoisotopic (exact) mass is 917 g/mol. The van der Waals surface area contributed by atoms with Gasteiger partial charge in [0.05, 0.1) is 6.42 Å². The minimum absolute atomic E-state index is 0.112. The molecule has 0 unspecified atom stereocenters. The first-order chi connectivity index (χ1) is 31.3. The largest absolute Gasteiger partial charge is 0.481 e. The van der Waals surface area contributed by atoms with Gasteiger partial charge in [-0.25, -0.2) is 0 Å². The van der Waals surface area contributed by atoms with Crippen LogP contribution in [0.2, 0.25) is 0 Å². The first-order valence-electron chi connectivity index (χ1n) is 28.2. The number of hydrogen-bond donors (Lipinski definition) is 2. The van der Waals surface area contributed by atoms with Gasteiger partial charge in [0.15, 0.2) is 0 Å². The minimum Gasteiger partial charge on any atom is -0.481 e. The van der Waals surface area contributed by atoms with Crippen LogP contribution in [0, 0.1) is 17.8 Å². The number of carbonyl (C=O) groups is 2. The second-order valence-electron chi connectivity index (χ2n) is 20.5. The minimum atomic E-state index is -0.786. The van der Waals surface area contributed by atoms with Crippen LogP contribution in [0.4, 0.5) is 0 Å². The van der Waals surface area contributed by atoms with E-state index in [0.29, 0.717) is 0 Å². The Kier molecular flexibility index (Phi) is 56.7. The van der Waals surface area contributed by atoms with E-state index in [4.69, 9.17) is 10.2 Å². The highest BCUT2D eigenvalue weighted by Crippen LogP contribution is 2.15. The number of rotatable bonds is 42. The molecular weight excluding hydrogens is 801 g/mol. The van der Waals surface area contributed by atoms with E-state index < -0.39 is 11.9 Å². The van der Waals surface area contributed by atoms with Crippen molar-refractivity contribution >= 4 is 11.9 Å². The fourth-order valence-corrected chi connectivity index (χ4v) is 7.98. The molecule has 0 bridgehead atoms. The molecule has 1 aromatic carbocycles. The Labute approximate surface area is 407 Å². The average molecular weight is 918 g/mol. The van der Waals surface area contributed by atoms with E-state index in [2.05, 4.69) is 72.1 Å². The number of nitrogens with zero attached hydrogens (tertiary/aromatic N) is 2. The quantitative estimate of drug-likeness (QED) is 0.0636. The third-order valence-electron chi connectivity index (χ3n) is 12.3.